The van der Waals surface area contributed by atoms with E-state index in [0.29, 0.717) is 0 Å². The first kappa shape index (κ1) is 14.0. The van der Waals surface area contributed by atoms with E-state index >= 15 is 0 Å². The average Bonchev–Trinajstić information content (AvgIpc) is 2.47. The Morgan fingerprint density at radius 3 is 2.32 bits per heavy atom. The van der Waals surface area contributed by atoms with Gasteiger partial charge in [-0.25, -0.2) is 0 Å². The van der Waals surface area contributed by atoms with Gasteiger partial charge in [0.15, 0.2) is 0 Å². The summed E-state index contributed by atoms with van der Waals surface area (Å²) in [6, 6.07) is 10.1. The Bertz CT molecular complexity index is 413. The summed E-state index contributed by atoms with van der Waals surface area (Å²) in [5.74, 6) is 0. The van der Waals surface area contributed by atoms with Crippen LogP contribution in [0, 0.1) is 11.3 Å². The lowest BCUT2D eigenvalue weighted by atomic mass is 10.1. The van der Waals surface area contributed by atoms with Crippen LogP contribution in [0.25, 0.3) is 0 Å². The van der Waals surface area contributed by atoms with Crippen molar-refractivity contribution in [2.45, 2.75) is 6.54 Å². The van der Waals surface area contributed by atoms with Gasteiger partial charge in [0, 0.05) is 45.8 Å². The molecule has 0 spiro atoms. The number of nitrogens with zero attached hydrogens (tertiary/aromatic N) is 3. The second kappa shape index (κ2) is 7.25. The highest BCUT2D eigenvalue weighted by Gasteiger charge is 2.16. The lowest BCUT2D eigenvalue weighted by Gasteiger charge is -2.34. The topological polar surface area (TPSA) is 42.3 Å². The smallest absolute Gasteiger partial charge is 0.0991 e. The Morgan fingerprint density at radius 1 is 1.11 bits per heavy atom. The number of benzene rings is 1. The van der Waals surface area contributed by atoms with Gasteiger partial charge in [-0.2, -0.15) is 5.26 Å². The minimum atomic E-state index is 0.737. The molecule has 19 heavy (non-hydrogen) atoms. The summed E-state index contributed by atoms with van der Waals surface area (Å²) >= 11 is 0. The molecule has 0 atom stereocenters. The molecule has 0 aliphatic carbocycles. The molecule has 1 aromatic carbocycles. The molecule has 4 nitrogen and oxygen atoms in total. The van der Waals surface area contributed by atoms with Gasteiger partial charge < -0.3 is 5.32 Å². The van der Waals surface area contributed by atoms with E-state index < -0.39 is 0 Å². The number of likely N-dealkylation sites (N-methyl/N-ethyl adjacent to an activating group) is 1. The van der Waals surface area contributed by atoms with Gasteiger partial charge in [0.2, 0.25) is 0 Å². The Hall–Kier alpha value is -1.41. The molecule has 1 N–H and O–H groups in total. The van der Waals surface area contributed by atoms with Crippen molar-refractivity contribution in [3.8, 4) is 6.07 Å². The number of hydrogen-bond donors (Lipinski definition) is 1. The molecule has 2 rings (SSSR count). The van der Waals surface area contributed by atoms with E-state index in [1.807, 2.05) is 19.2 Å². The van der Waals surface area contributed by atoms with Crippen molar-refractivity contribution < 1.29 is 0 Å². The molecule has 1 aliphatic heterocycles. The zero-order chi connectivity index (χ0) is 13.5. The highest BCUT2D eigenvalue weighted by molar-refractivity contribution is 5.31. The van der Waals surface area contributed by atoms with E-state index in [2.05, 4.69) is 33.3 Å². The number of piperazine rings is 1. The SMILES string of the molecule is CNCCN1CCN(Cc2ccc(C#N)cc2)CC1. The summed E-state index contributed by atoms with van der Waals surface area (Å²) in [6.07, 6.45) is 0. The van der Waals surface area contributed by atoms with Crippen molar-refractivity contribution in [1.29, 1.82) is 5.26 Å². The molecular formula is C15H22N4. The fraction of sp³-hybridized carbons (Fsp3) is 0.533. The van der Waals surface area contributed by atoms with Gasteiger partial charge in [0.05, 0.1) is 11.6 Å². The third-order valence-corrected chi connectivity index (χ3v) is 3.63. The van der Waals surface area contributed by atoms with Gasteiger partial charge in [-0.15, -0.1) is 0 Å². The van der Waals surface area contributed by atoms with Crippen LogP contribution in [0.4, 0.5) is 0 Å². The van der Waals surface area contributed by atoms with Gasteiger partial charge in [-0.05, 0) is 24.7 Å². The van der Waals surface area contributed by atoms with Crippen LogP contribution in [0.1, 0.15) is 11.1 Å². The average molecular weight is 258 g/mol. The van der Waals surface area contributed by atoms with E-state index in [-0.39, 0.29) is 0 Å². The van der Waals surface area contributed by atoms with Gasteiger partial charge in [-0.3, -0.25) is 9.80 Å². The maximum absolute atomic E-state index is 8.78. The normalized spacial score (nSPS) is 17.3. The first-order valence-electron chi connectivity index (χ1n) is 6.90. The van der Waals surface area contributed by atoms with Crippen molar-refractivity contribution in [2.24, 2.45) is 0 Å². The van der Waals surface area contributed by atoms with Crippen LogP contribution < -0.4 is 5.32 Å². The molecule has 0 aromatic heterocycles. The molecular weight excluding hydrogens is 236 g/mol. The summed E-state index contributed by atoms with van der Waals surface area (Å²) < 4.78 is 0. The fourth-order valence-corrected chi connectivity index (χ4v) is 2.38. The van der Waals surface area contributed by atoms with Crippen LogP contribution in [-0.2, 0) is 6.54 Å². The molecule has 4 heteroatoms. The summed E-state index contributed by atoms with van der Waals surface area (Å²) in [5, 5.41) is 12.0. The van der Waals surface area contributed by atoms with Crippen molar-refractivity contribution in [3.05, 3.63) is 35.4 Å². The monoisotopic (exact) mass is 258 g/mol. The highest BCUT2D eigenvalue weighted by atomic mass is 15.3. The zero-order valence-electron chi connectivity index (χ0n) is 11.6. The molecule has 1 aliphatic rings. The quantitative estimate of drug-likeness (QED) is 0.852. The largest absolute Gasteiger partial charge is 0.318 e. The van der Waals surface area contributed by atoms with E-state index in [1.165, 1.54) is 5.56 Å². The van der Waals surface area contributed by atoms with Crippen LogP contribution in [0.15, 0.2) is 24.3 Å². The summed E-state index contributed by atoms with van der Waals surface area (Å²) in [5.41, 5.74) is 2.03. The number of rotatable bonds is 5. The Morgan fingerprint density at radius 2 is 1.74 bits per heavy atom. The standard InChI is InChI=1S/C15H22N4/c1-17-6-7-18-8-10-19(11-9-18)13-15-4-2-14(12-16)3-5-15/h2-5,17H,6-11,13H2,1H3. The third-order valence-electron chi connectivity index (χ3n) is 3.63. The van der Waals surface area contributed by atoms with Crippen molar-refractivity contribution in [1.82, 2.24) is 15.1 Å². The molecule has 0 radical (unpaired) electrons. The van der Waals surface area contributed by atoms with Crippen molar-refractivity contribution in [2.75, 3.05) is 46.3 Å². The van der Waals surface area contributed by atoms with Crippen LogP contribution in [0.3, 0.4) is 0 Å². The second-order valence-corrected chi connectivity index (χ2v) is 5.03. The van der Waals surface area contributed by atoms with E-state index in [4.69, 9.17) is 5.26 Å². The second-order valence-electron chi connectivity index (χ2n) is 5.03. The summed E-state index contributed by atoms with van der Waals surface area (Å²) in [7, 11) is 2.00. The molecule has 102 valence electrons. The first-order chi connectivity index (χ1) is 9.31. The van der Waals surface area contributed by atoms with Crippen LogP contribution in [0.2, 0.25) is 0 Å². The lowest BCUT2D eigenvalue weighted by Crippen LogP contribution is -2.47. The van der Waals surface area contributed by atoms with Gasteiger partial charge in [-0.1, -0.05) is 12.1 Å². The molecule has 0 bridgehead atoms. The maximum atomic E-state index is 8.78. The molecule has 0 amide bonds. The number of nitriles is 1. The molecule has 0 saturated carbocycles. The van der Waals surface area contributed by atoms with Crippen LogP contribution in [0.5, 0.6) is 0 Å². The lowest BCUT2D eigenvalue weighted by molar-refractivity contribution is 0.128. The number of hydrogen-bond acceptors (Lipinski definition) is 4. The Labute approximate surface area is 115 Å². The van der Waals surface area contributed by atoms with Crippen molar-refractivity contribution in [3.63, 3.8) is 0 Å². The predicted molar refractivity (Wildman–Crippen MR) is 76.8 cm³/mol. The van der Waals surface area contributed by atoms with E-state index in [0.717, 1.165) is 51.4 Å². The van der Waals surface area contributed by atoms with Crippen LogP contribution in [-0.4, -0.2) is 56.1 Å². The highest BCUT2D eigenvalue weighted by Crippen LogP contribution is 2.09. The van der Waals surface area contributed by atoms with Gasteiger partial charge in [0.25, 0.3) is 0 Å². The fourth-order valence-electron chi connectivity index (χ4n) is 2.38. The maximum Gasteiger partial charge on any atom is 0.0991 e. The number of nitrogens with one attached hydrogen (secondary N) is 1. The molecule has 1 heterocycles. The van der Waals surface area contributed by atoms with Crippen LogP contribution >= 0.6 is 0 Å². The molecule has 1 fully saturated rings. The third kappa shape index (κ3) is 4.32. The van der Waals surface area contributed by atoms with E-state index in [9.17, 15) is 0 Å². The van der Waals surface area contributed by atoms with Gasteiger partial charge >= 0.3 is 0 Å². The van der Waals surface area contributed by atoms with E-state index in [1.54, 1.807) is 0 Å². The summed E-state index contributed by atoms with van der Waals surface area (Å²) in [6.45, 7) is 7.76. The zero-order valence-corrected chi connectivity index (χ0v) is 11.6. The Kier molecular flexibility index (Phi) is 5.34. The minimum absolute atomic E-state index is 0.737. The van der Waals surface area contributed by atoms with Gasteiger partial charge in [0.1, 0.15) is 0 Å². The predicted octanol–water partition coefficient (Wildman–Crippen LogP) is 0.895. The first-order valence-corrected chi connectivity index (χ1v) is 6.90. The molecule has 1 aromatic rings. The Balaban J connectivity index is 1.77. The summed E-state index contributed by atoms with van der Waals surface area (Å²) in [4.78, 5) is 4.99. The molecule has 0 unspecified atom stereocenters. The minimum Gasteiger partial charge on any atom is -0.318 e. The molecule has 1 saturated heterocycles. The van der Waals surface area contributed by atoms with Crippen molar-refractivity contribution >= 4 is 0 Å².